The Labute approximate surface area is 118 Å². The Kier molecular flexibility index (Phi) is 5.05. The van der Waals surface area contributed by atoms with Crippen LogP contribution < -0.4 is 10.1 Å². The summed E-state index contributed by atoms with van der Waals surface area (Å²) in [5.41, 5.74) is 1.64. The van der Waals surface area contributed by atoms with Crippen molar-refractivity contribution in [1.29, 1.82) is 0 Å². The molecule has 0 bridgehead atoms. The number of nitrogens with zero attached hydrogens (tertiary/aromatic N) is 1. The second kappa shape index (κ2) is 6.78. The zero-order valence-corrected chi connectivity index (χ0v) is 11.6. The predicted molar refractivity (Wildman–Crippen MR) is 77.0 cm³/mol. The van der Waals surface area contributed by atoms with Crippen molar-refractivity contribution in [1.82, 2.24) is 10.3 Å². The maximum Gasteiger partial charge on any atom is 0.394 e. The molecule has 1 aliphatic rings. The fraction of sp³-hybridized carbons (Fsp3) is 0.500. The molecule has 4 nitrogen and oxygen atoms in total. The smallest absolute Gasteiger partial charge is 0.394 e. The number of halogens is 1. The minimum Gasteiger partial charge on any atom is -0.450 e. The highest BCUT2D eigenvalue weighted by molar-refractivity contribution is 5.85. The Morgan fingerprint density at radius 1 is 1.37 bits per heavy atom. The number of rotatable bonds is 4. The first kappa shape index (κ1) is 14.2. The number of aromatic nitrogens is 1. The van der Waals surface area contributed by atoms with Crippen LogP contribution in [0.1, 0.15) is 19.3 Å². The van der Waals surface area contributed by atoms with Gasteiger partial charge in [0.25, 0.3) is 0 Å². The van der Waals surface area contributed by atoms with Crippen LogP contribution in [0.25, 0.3) is 11.1 Å². The summed E-state index contributed by atoms with van der Waals surface area (Å²) in [6, 6.07) is 7.71. The molecule has 0 amide bonds. The largest absolute Gasteiger partial charge is 0.450 e. The quantitative estimate of drug-likeness (QED) is 0.936. The fourth-order valence-corrected chi connectivity index (χ4v) is 2.40. The van der Waals surface area contributed by atoms with E-state index in [0.717, 1.165) is 36.5 Å². The van der Waals surface area contributed by atoms with E-state index < -0.39 is 0 Å². The summed E-state index contributed by atoms with van der Waals surface area (Å²) in [5.74, 6) is 0.725. The number of oxazole rings is 1. The number of hydrogen-bond donors (Lipinski definition) is 1. The van der Waals surface area contributed by atoms with Gasteiger partial charge in [0.15, 0.2) is 5.58 Å². The first-order valence-corrected chi connectivity index (χ1v) is 6.61. The normalized spacial score (nSPS) is 19.1. The van der Waals surface area contributed by atoms with Crippen molar-refractivity contribution in [3.63, 3.8) is 0 Å². The number of piperidine rings is 1. The van der Waals surface area contributed by atoms with Crippen molar-refractivity contribution in [3.8, 4) is 6.08 Å². The fourth-order valence-electron chi connectivity index (χ4n) is 2.40. The van der Waals surface area contributed by atoms with E-state index in [-0.39, 0.29) is 12.4 Å². The van der Waals surface area contributed by atoms with Gasteiger partial charge in [0.2, 0.25) is 0 Å². The van der Waals surface area contributed by atoms with Crippen LogP contribution >= 0.6 is 12.4 Å². The molecule has 1 saturated heterocycles. The van der Waals surface area contributed by atoms with Gasteiger partial charge in [-0.15, -0.1) is 12.4 Å². The molecule has 2 heterocycles. The molecule has 1 atom stereocenters. The second-order valence-corrected chi connectivity index (χ2v) is 4.80. The van der Waals surface area contributed by atoms with Gasteiger partial charge in [0.05, 0.1) is 6.61 Å². The van der Waals surface area contributed by atoms with Crippen LogP contribution in [0.15, 0.2) is 28.7 Å². The monoisotopic (exact) mass is 282 g/mol. The van der Waals surface area contributed by atoms with E-state index in [1.54, 1.807) is 0 Å². The van der Waals surface area contributed by atoms with Gasteiger partial charge in [-0.2, -0.15) is 4.98 Å². The minimum atomic E-state index is 0. The Balaban J connectivity index is 0.00000133. The van der Waals surface area contributed by atoms with Gasteiger partial charge in [-0.3, -0.25) is 0 Å². The molecule has 1 unspecified atom stereocenters. The first-order valence-electron chi connectivity index (χ1n) is 6.61. The van der Waals surface area contributed by atoms with E-state index in [4.69, 9.17) is 9.15 Å². The molecule has 104 valence electrons. The van der Waals surface area contributed by atoms with Gasteiger partial charge < -0.3 is 14.5 Å². The van der Waals surface area contributed by atoms with Crippen LogP contribution in [0.4, 0.5) is 0 Å². The highest BCUT2D eigenvalue weighted by Crippen LogP contribution is 2.21. The summed E-state index contributed by atoms with van der Waals surface area (Å²) in [7, 11) is 0. The van der Waals surface area contributed by atoms with Crippen molar-refractivity contribution >= 4 is 23.5 Å². The third-order valence-corrected chi connectivity index (χ3v) is 3.42. The number of ether oxygens (including phenoxy) is 1. The van der Waals surface area contributed by atoms with E-state index >= 15 is 0 Å². The number of nitrogens with one attached hydrogen (secondary N) is 1. The lowest BCUT2D eigenvalue weighted by Crippen LogP contribution is -2.30. The van der Waals surface area contributed by atoms with Crippen LogP contribution in [0.3, 0.4) is 0 Å². The summed E-state index contributed by atoms with van der Waals surface area (Å²) in [6.07, 6.45) is 4.02. The summed E-state index contributed by atoms with van der Waals surface area (Å²) in [6.45, 7) is 2.94. The molecule has 0 aliphatic carbocycles. The molecule has 1 aliphatic heterocycles. The third-order valence-electron chi connectivity index (χ3n) is 3.42. The summed E-state index contributed by atoms with van der Waals surface area (Å²) >= 11 is 0. The molecule has 1 aromatic carbocycles. The molecule has 3 rings (SSSR count). The van der Waals surface area contributed by atoms with E-state index in [9.17, 15) is 0 Å². The molecule has 5 heteroatoms. The lowest BCUT2D eigenvalue weighted by atomic mass is 9.97. The maximum absolute atomic E-state index is 5.59. The molecular weight excluding hydrogens is 264 g/mol. The summed E-state index contributed by atoms with van der Waals surface area (Å²) in [5, 5.41) is 3.41. The molecular formula is C14H19ClN2O2. The van der Waals surface area contributed by atoms with Crippen molar-refractivity contribution in [2.45, 2.75) is 19.3 Å². The van der Waals surface area contributed by atoms with Crippen molar-refractivity contribution in [2.75, 3.05) is 19.7 Å². The van der Waals surface area contributed by atoms with Crippen LogP contribution in [0, 0.1) is 5.92 Å². The predicted octanol–water partition coefficient (Wildman–Crippen LogP) is 3.02. The van der Waals surface area contributed by atoms with Gasteiger partial charge >= 0.3 is 6.08 Å². The van der Waals surface area contributed by atoms with Gasteiger partial charge in [0, 0.05) is 0 Å². The Hall–Kier alpha value is -1.26. The molecule has 1 fully saturated rings. The summed E-state index contributed by atoms with van der Waals surface area (Å²) < 4.78 is 11.1. The van der Waals surface area contributed by atoms with Gasteiger partial charge in [-0.05, 0) is 50.4 Å². The van der Waals surface area contributed by atoms with E-state index in [0.29, 0.717) is 12.7 Å². The molecule has 1 N–H and O–H groups in total. The van der Waals surface area contributed by atoms with Gasteiger partial charge in [-0.1, -0.05) is 12.1 Å². The first-order chi connectivity index (χ1) is 8.92. The Morgan fingerprint density at radius 3 is 3.05 bits per heavy atom. The lowest BCUT2D eigenvalue weighted by Gasteiger charge is -2.22. The molecule has 1 aromatic heterocycles. The standard InChI is InChI=1S/C14H18N2O2.ClH/c1-2-6-13-12(5-1)16-14(18-13)17-9-7-11-4-3-8-15-10-11;/h1-2,5-6,11,15H,3-4,7-10H2;1H. The number of para-hydroxylation sites is 2. The molecule has 2 aromatic rings. The molecule has 19 heavy (non-hydrogen) atoms. The minimum absolute atomic E-state index is 0. The topological polar surface area (TPSA) is 47.3 Å². The van der Waals surface area contributed by atoms with Crippen molar-refractivity contribution < 1.29 is 9.15 Å². The highest BCUT2D eigenvalue weighted by atomic mass is 35.5. The number of hydrogen-bond acceptors (Lipinski definition) is 4. The zero-order chi connectivity index (χ0) is 12.2. The van der Waals surface area contributed by atoms with Crippen LogP contribution in [0.2, 0.25) is 0 Å². The lowest BCUT2D eigenvalue weighted by molar-refractivity contribution is 0.205. The number of fused-ring (bicyclic) bond motifs is 1. The van der Waals surface area contributed by atoms with E-state index in [1.165, 1.54) is 12.8 Å². The highest BCUT2D eigenvalue weighted by Gasteiger charge is 2.13. The zero-order valence-electron chi connectivity index (χ0n) is 10.8. The summed E-state index contributed by atoms with van der Waals surface area (Å²) in [4.78, 5) is 4.29. The Morgan fingerprint density at radius 2 is 2.26 bits per heavy atom. The van der Waals surface area contributed by atoms with Crippen LogP contribution in [-0.2, 0) is 0 Å². The Bertz CT molecular complexity index is 476. The van der Waals surface area contributed by atoms with E-state index in [1.807, 2.05) is 24.3 Å². The maximum atomic E-state index is 5.59. The average molecular weight is 283 g/mol. The van der Waals surface area contributed by atoms with Crippen LogP contribution in [-0.4, -0.2) is 24.7 Å². The number of benzene rings is 1. The molecule has 0 radical (unpaired) electrons. The van der Waals surface area contributed by atoms with Gasteiger partial charge in [-0.25, -0.2) is 0 Å². The average Bonchev–Trinajstić information content (AvgIpc) is 2.82. The third kappa shape index (κ3) is 3.61. The van der Waals surface area contributed by atoms with Gasteiger partial charge in [0.1, 0.15) is 5.52 Å². The van der Waals surface area contributed by atoms with Crippen molar-refractivity contribution in [2.24, 2.45) is 5.92 Å². The van der Waals surface area contributed by atoms with E-state index in [2.05, 4.69) is 10.3 Å². The second-order valence-electron chi connectivity index (χ2n) is 4.80. The van der Waals surface area contributed by atoms with Crippen molar-refractivity contribution in [3.05, 3.63) is 24.3 Å². The van der Waals surface area contributed by atoms with Crippen LogP contribution in [0.5, 0.6) is 6.08 Å². The SMILES string of the molecule is Cl.c1ccc2oc(OCCC3CCCNC3)nc2c1. The molecule has 0 spiro atoms. The molecule has 0 saturated carbocycles.